The average Bonchev–Trinajstić information content (AvgIpc) is 2.92. The second-order valence-corrected chi connectivity index (χ2v) is 4.01. The van der Waals surface area contributed by atoms with Crippen LogP contribution in [0.15, 0.2) is 24.5 Å². The Balaban J connectivity index is 2.03. The number of H-pyrrole nitrogens is 1. The van der Waals surface area contributed by atoms with Crippen LogP contribution in [0.2, 0.25) is 0 Å². The molecular formula is C12H15N5O3. The predicted molar refractivity (Wildman–Crippen MR) is 72.8 cm³/mol. The maximum Gasteiger partial charge on any atom is 0.275 e. The van der Waals surface area contributed by atoms with Gasteiger partial charge in [0.2, 0.25) is 0 Å². The zero-order valence-corrected chi connectivity index (χ0v) is 11.0. The van der Waals surface area contributed by atoms with Gasteiger partial charge in [-0.3, -0.25) is 15.2 Å². The van der Waals surface area contributed by atoms with Gasteiger partial charge in [-0.1, -0.05) is 0 Å². The Hall–Kier alpha value is -2.64. The summed E-state index contributed by atoms with van der Waals surface area (Å²) >= 11 is 0. The number of anilines is 1. The van der Waals surface area contributed by atoms with E-state index in [1.165, 1.54) is 18.5 Å². The minimum Gasteiger partial charge on any atom is -0.494 e. The quantitative estimate of drug-likeness (QED) is 0.590. The SMILES string of the molecule is CCOc1cc(NCCc2ncn[nH]2)cc([N+](=O)[O-])c1. The van der Waals surface area contributed by atoms with E-state index in [2.05, 4.69) is 20.5 Å². The molecule has 0 spiro atoms. The first-order valence-electron chi connectivity index (χ1n) is 6.19. The topological polar surface area (TPSA) is 106 Å². The molecule has 0 amide bonds. The highest BCUT2D eigenvalue weighted by Gasteiger charge is 2.10. The second kappa shape index (κ2) is 6.50. The van der Waals surface area contributed by atoms with Crippen molar-refractivity contribution in [1.29, 1.82) is 0 Å². The lowest BCUT2D eigenvalue weighted by molar-refractivity contribution is -0.384. The highest BCUT2D eigenvalue weighted by Crippen LogP contribution is 2.26. The predicted octanol–water partition coefficient (Wildman–Crippen LogP) is 1.77. The summed E-state index contributed by atoms with van der Waals surface area (Å²) in [5, 5.41) is 20.5. The van der Waals surface area contributed by atoms with Crippen LogP contribution in [0, 0.1) is 10.1 Å². The van der Waals surface area contributed by atoms with Gasteiger partial charge in [-0.15, -0.1) is 0 Å². The van der Waals surface area contributed by atoms with Crippen molar-refractivity contribution in [3.05, 3.63) is 40.5 Å². The number of hydrogen-bond donors (Lipinski definition) is 2. The van der Waals surface area contributed by atoms with E-state index in [4.69, 9.17) is 4.74 Å². The van der Waals surface area contributed by atoms with Gasteiger partial charge in [0.1, 0.15) is 17.9 Å². The van der Waals surface area contributed by atoms with Crippen LogP contribution in [0.25, 0.3) is 0 Å². The van der Waals surface area contributed by atoms with Crippen LogP contribution in [0.4, 0.5) is 11.4 Å². The molecule has 0 saturated carbocycles. The molecule has 0 radical (unpaired) electrons. The summed E-state index contributed by atoms with van der Waals surface area (Å²) in [6, 6.07) is 4.62. The standard InChI is InChI=1S/C12H15N5O3/c1-2-20-11-6-9(5-10(7-11)17(18)19)13-4-3-12-14-8-15-16-12/h5-8,13H,2-4H2,1H3,(H,14,15,16). The van der Waals surface area contributed by atoms with Gasteiger partial charge in [-0.05, 0) is 6.92 Å². The second-order valence-electron chi connectivity index (χ2n) is 4.01. The molecule has 8 heteroatoms. The molecule has 2 N–H and O–H groups in total. The van der Waals surface area contributed by atoms with Crippen LogP contribution in [-0.2, 0) is 6.42 Å². The number of nitrogens with zero attached hydrogens (tertiary/aromatic N) is 3. The van der Waals surface area contributed by atoms with Crippen LogP contribution in [0.1, 0.15) is 12.7 Å². The zero-order chi connectivity index (χ0) is 14.4. The Kier molecular flexibility index (Phi) is 4.48. The number of nitrogens with one attached hydrogen (secondary N) is 2. The van der Waals surface area contributed by atoms with Crippen molar-refractivity contribution in [3.8, 4) is 5.75 Å². The van der Waals surface area contributed by atoms with Gasteiger partial charge in [0, 0.05) is 30.8 Å². The van der Waals surface area contributed by atoms with E-state index in [0.717, 1.165) is 5.82 Å². The normalized spacial score (nSPS) is 10.2. The van der Waals surface area contributed by atoms with Gasteiger partial charge < -0.3 is 10.1 Å². The molecule has 0 aliphatic heterocycles. The van der Waals surface area contributed by atoms with E-state index < -0.39 is 4.92 Å². The number of non-ortho nitro benzene ring substituents is 1. The maximum atomic E-state index is 10.9. The first-order chi connectivity index (χ1) is 9.69. The Morgan fingerprint density at radius 1 is 1.45 bits per heavy atom. The number of ether oxygens (including phenoxy) is 1. The molecular weight excluding hydrogens is 262 g/mol. The van der Waals surface area contributed by atoms with Gasteiger partial charge in [-0.25, -0.2) is 4.98 Å². The van der Waals surface area contributed by atoms with Crippen LogP contribution in [-0.4, -0.2) is 33.3 Å². The third-order valence-electron chi connectivity index (χ3n) is 2.57. The number of benzene rings is 1. The van der Waals surface area contributed by atoms with Crippen molar-refractivity contribution in [3.63, 3.8) is 0 Å². The minimum atomic E-state index is -0.440. The van der Waals surface area contributed by atoms with Gasteiger partial charge in [0.15, 0.2) is 0 Å². The summed E-state index contributed by atoms with van der Waals surface area (Å²) in [4.78, 5) is 14.4. The molecule has 0 atom stereocenters. The van der Waals surface area contributed by atoms with Gasteiger partial charge in [0.05, 0.1) is 17.6 Å². The smallest absolute Gasteiger partial charge is 0.275 e. The fourth-order valence-corrected chi connectivity index (χ4v) is 1.72. The Labute approximate surface area is 115 Å². The van der Waals surface area contributed by atoms with E-state index in [-0.39, 0.29) is 5.69 Å². The average molecular weight is 277 g/mol. The van der Waals surface area contributed by atoms with E-state index in [1.54, 1.807) is 6.07 Å². The third-order valence-corrected chi connectivity index (χ3v) is 2.57. The first kappa shape index (κ1) is 13.8. The highest BCUT2D eigenvalue weighted by atomic mass is 16.6. The number of aromatic amines is 1. The van der Waals surface area contributed by atoms with Crippen molar-refractivity contribution < 1.29 is 9.66 Å². The van der Waals surface area contributed by atoms with E-state index in [0.29, 0.717) is 31.0 Å². The van der Waals surface area contributed by atoms with Crippen LogP contribution in [0.3, 0.4) is 0 Å². The zero-order valence-electron chi connectivity index (χ0n) is 11.0. The number of aromatic nitrogens is 3. The number of rotatable bonds is 7. The molecule has 1 aromatic heterocycles. The summed E-state index contributed by atoms with van der Waals surface area (Å²) in [6.45, 7) is 2.87. The Morgan fingerprint density at radius 2 is 2.30 bits per heavy atom. The fourth-order valence-electron chi connectivity index (χ4n) is 1.72. The lowest BCUT2D eigenvalue weighted by Crippen LogP contribution is -2.06. The van der Waals surface area contributed by atoms with Gasteiger partial charge in [0.25, 0.3) is 5.69 Å². The van der Waals surface area contributed by atoms with Crippen molar-refractivity contribution in [2.45, 2.75) is 13.3 Å². The van der Waals surface area contributed by atoms with Gasteiger partial charge >= 0.3 is 0 Å². The lowest BCUT2D eigenvalue weighted by Gasteiger charge is -2.08. The van der Waals surface area contributed by atoms with Crippen molar-refractivity contribution in [2.24, 2.45) is 0 Å². The third kappa shape index (κ3) is 3.67. The molecule has 0 bridgehead atoms. The number of nitro benzene ring substituents is 1. The van der Waals surface area contributed by atoms with Crippen LogP contribution < -0.4 is 10.1 Å². The molecule has 0 unspecified atom stereocenters. The molecule has 0 fully saturated rings. The number of hydrogen-bond acceptors (Lipinski definition) is 6. The summed E-state index contributed by atoms with van der Waals surface area (Å²) in [5.74, 6) is 1.23. The lowest BCUT2D eigenvalue weighted by atomic mass is 10.2. The largest absolute Gasteiger partial charge is 0.494 e. The van der Waals surface area contributed by atoms with Crippen LogP contribution >= 0.6 is 0 Å². The molecule has 2 aromatic rings. The molecule has 0 aliphatic rings. The molecule has 0 aliphatic carbocycles. The summed E-state index contributed by atoms with van der Waals surface area (Å²) in [6.07, 6.45) is 2.09. The van der Waals surface area contributed by atoms with Gasteiger partial charge in [-0.2, -0.15) is 5.10 Å². The molecule has 8 nitrogen and oxygen atoms in total. The molecule has 106 valence electrons. The first-order valence-corrected chi connectivity index (χ1v) is 6.19. The summed E-state index contributed by atoms with van der Waals surface area (Å²) in [5.41, 5.74) is 0.639. The molecule has 0 saturated heterocycles. The molecule has 1 aromatic carbocycles. The highest BCUT2D eigenvalue weighted by molar-refractivity contribution is 5.56. The maximum absolute atomic E-state index is 10.9. The summed E-state index contributed by atoms with van der Waals surface area (Å²) in [7, 11) is 0. The van der Waals surface area contributed by atoms with Crippen molar-refractivity contribution in [1.82, 2.24) is 15.2 Å². The molecule has 1 heterocycles. The monoisotopic (exact) mass is 277 g/mol. The Morgan fingerprint density at radius 3 is 2.95 bits per heavy atom. The molecule has 20 heavy (non-hydrogen) atoms. The van der Waals surface area contributed by atoms with E-state index >= 15 is 0 Å². The Bertz CT molecular complexity index is 570. The van der Waals surface area contributed by atoms with Crippen molar-refractivity contribution >= 4 is 11.4 Å². The number of nitro groups is 1. The molecule has 2 rings (SSSR count). The minimum absolute atomic E-state index is 0.00175. The van der Waals surface area contributed by atoms with E-state index in [1.807, 2.05) is 6.92 Å². The van der Waals surface area contributed by atoms with E-state index in [9.17, 15) is 10.1 Å². The van der Waals surface area contributed by atoms with Crippen molar-refractivity contribution in [2.75, 3.05) is 18.5 Å². The van der Waals surface area contributed by atoms with Crippen LogP contribution in [0.5, 0.6) is 5.75 Å². The summed E-state index contributed by atoms with van der Waals surface area (Å²) < 4.78 is 5.32. The fraction of sp³-hybridized carbons (Fsp3) is 0.333.